The van der Waals surface area contributed by atoms with Crippen LogP contribution in [0.5, 0.6) is 0 Å². The molecule has 1 aliphatic heterocycles. The third-order valence-corrected chi connectivity index (χ3v) is 4.85. The zero-order valence-electron chi connectivity index (χ0n) is 15.1. The third-order valence-electron chi connectivity index (χ3n) is 4.85. The number of hydrogen-bond acceptors (Lipinski definition) is 3. The molecule has 5 heteroatoms. The highest BCUT2D eigenvalue weighted by Crippen LogP contribution is 2.30. The molecule has 1 N–H and O–H groups in total. The van der Waals surface area contributed by atoms with E-state index >= 15 is 0 Å². The Morgan fingerprint density at radius 2 is 1.69 bits per heavy atom. The molecular weight excluding hydrogens is 326 g/mol. The molecule has 0 radical (unpaired) electrons. The van der Waals surface area contributed by atoms with Gasteiger partial charge in [0.25, 0.3) is 5.91 Å². The van der Waals surface area contributed by atoms with Crippen LogP contribution < -0.4 is 5.32 Å². The van der Waals surface area contributed by atoms with Gasteiger partial charge >= 0.3 is 6.03 Å². The first-order valence-corrected chi connectivity index (χ1v) is 8.58. The molecule has 1 aliphatic rings. The largest absolute Gasteiger partial charge is 0.325 e. The van der Waals surface area contributed by atoms with Crippen LogP contribution in [0.15, 0.2) is 48.5 Å². The summed E-state index contributed by atoms with van der Waals surface area (Å²) in [6.45, 7) is 6.16. The summed E-state index contributed by atoms with van der Waals surface area (Å²) < 4.78 is 0. The van der Waals surface area contributed by atoms with Crippen LogP contribution in [0, 0.1) is 11.3 Å². The first-order chi connectivity index (χ1) is 12.3. The molecule has 2 aromatic rings. The highest BCUT2D eigenvalue weighted by atomic mass is 16.2. The number of nitriles is 1. The van der Waals surface area contributed by atoms with E-state index < -0.39 is 11.6 Å². The van der Waals surface area contributed by atoms with E-state index in [-0.39, 0.29) is 12.5 Å². The van der Waals surface area contributed by atoms with Gasteiger partial charge in [-0.15, -0.1) is 0 Å². The van der Waals surface area contributed by atoms with Crippen molar-refractivity contribution in [2.24, 2.45) is 0 Å². The van der Waals surface area contributed by atoms with Crippen LogP contribution in [0.4, 0.5) is 4.79 Å². The van der Waals surface area contributed by atoms with E-state index in [1.165, 1.54) is 10.5 Å². The monoisotopic (exact) mass is 347 g/mol. The number of nitrogens with zero attached hydrogens (tertiary/aromatic N) is 2. The lowest BCUT2D eigenvalue weighted by Crippen LogP contribution is -2.40. The number of nitrogens with one attached hydrogen (secondary N) is 1. The first-order valence-electron chi connectivity index (χ1n) is 8.58. The smallest absolute Gasteiger partial charge is 0.319 e. The Morgan fingerprint density at radius 3 is 2.23 bits per heavy atom. The molecular formula is C21H21N3O2. The summed E-state index contributed by atoms with van der Waals surface area (Å²) in [7, 11) is 0. The van der Waals surface area contributed by atoms with Gasteiger partial charge in [0, 0.05) is 0 Å². The van der Waals surface area contributed by atoms with Crippen LogP contribution in [0.3, 0.4) is 0 Å². The zero-order valence-corrected chi connectivity index (χ0v) is 15.1. The Morgan fingerprint density at radius 1 is 1.08 bits per heavy atom. The van der Waals surface area contributed by atoms with E-state index in [2.05, 4.69) is 19.2 Å². The van der Waals surface area contributed by atoms with Crippen LogP contribution in [-0.4, -0.2) is 16.8 Å². The Balaban J connectivity index is 1.82. The minimum atomic E-state index is -1.12. The first kappa shape index (κ1) is 17.7. The number of carbonyl (C=O) groups is 2. The van der Waals surface area contributed by atoms with Crippen molar-refractivity contribution in [2.45, 2.75) is 38.8 Å². The number of rotatable bonds is 4. The van der Waals surface area contributed by atoms with Crippen LogP contribution in [0.2, 0.25) is 0 Å². The molecule has 1 fully saturated rings. The molecule has 26 heavy (non-hydrogen) atoms. The fraction of sp³-hybridized carbons (Fsp3) is 0.286. The highest BCUT2D eigenvalue weighted by Gasteiger charge is 2.48. The number of benzene rings is 2. The van der Waals surface area contributed by atoms with E-state index in [9.17, 15) is 9.59 Å². The lowest BCUT2D eigenvalue weighted by molar-refractivity contribution is -0.131. The van der Waals surface area contributed by atoms with Gasteiger partial charge < -0.3 is 5.32 Å². The van der Waals surface area contributed by atoms with E-state index in [1.54, 1.807) is 31.2 Å². The van der Waals surface area contributed by atoms with Gasteiger partial charge in [-0.3, -0.25) is 9.69 Å². The average Bonchev–Trinajstić information content (AvgIpc) is 2.86. The van der Waals surface area contributed by atoms with Crippen LogP contribution in [0.25, 0.3) is 0 Å². The standard InChI is InChI=1S/C21H21N3O2/c1-14(2)17-8-4-16(5-9-17)13-24-19(25)21(3,23-20(24)26)18-10-6-15(12-22)7-11-18/h4-11,14H,13H2,1-3H3,(H,23,26)/t21-/m1/s1. The van der Waals surface area contributed by atoms with Crippen molar-refractivity contribution < 1.29 is 9.59 Å². The van der Waals surface area contributed by atoms with Gasteiger partial charge in [-0.05, 0) is 41.7 Å². The van der Waals surface area contributed by atoms with Gasteiger partial charge in [0.15, 0.2) is 0 Å². The summed E-state index contributed by atoms with van der Waals surface area (Å²) in [5.74, 6) is 0.139. The molecule has 2 aromatic carbocycles. The molecule has 0 saturated carbocycles. The SMILES string of the molecule is CC(C)c1ccc(CN2C(=O)N[C@](C)(c3ccc(C#N)cc3)C2=O)cc1. The average molecular weight is 347 g/mol. The second kappa shape index (κ2) is 6.64. The fourth-order valence-electron chi connectivity index (χ4n) is 3.10. The minimum absolute atomic E-state index is 0.231. The fourth-order valence-corrected chi connectivity index (χ4v) is 3.10. The third kappa shape index (κ3) is 3.06. The summed E-state index contributed by atoms with van der Waals surface area (Å²) in [5, 5.41) is 11.7. The lowest BCUT2D eigenvalue weighted by Gasteiger charge is -2.22. The molecule has 3 amide bonds. The molecule has 0 bridgehead atoms. The van der Waals surface area contributed by atoms with Crippen molar-refractivity contribution in [2.75, 3.05) is 0 Å². The maximum Gasteiger partial charge on any atom is 0.325 e. The molecule has 1 heterocycles. The molecule has 0 aromatic heterocycles. The Hall–Kier alpha value is -3.13. The van der Waals surface area contributed by atoms with Crippen LogP contribution in [-0.2, 0) is 16.9 Å². The number of amides is 3. The normalized spacial score (nSPS) is 19.6. The predicted octanol–water partition coefficient (Wildman–Crippen LogP) is 3.65. The van der Waals surface area contributed by atoms with E-state index in [0.29, 0.717) is 17.0 Å². The molecule has 1 saturated heterocycles. The summed E-state index contributed by atoms with van der Waals surface area (Å²) in [6.07, 6.45) is 0. The Kier molecular flexibility index (Phi) is 4.52. The van der Waals surface area contributed by atoms with Gasteiger partial charge in [-0.2, -0.15) is 5.26 Å². The Labute approximate surface area is 153 Å². The summed E-state index contributed by atoms with van der Waals surface area (Å²) >= 11 is 0. The van der Waals surface area contributed by atoms with Crippen LogP contribution >= 0.6 is 0 Å². The molecule has 0 spiro atoms. The van der Waals surface area contributed by atoms with E-state index in [1.807, 2.05) is 30.3 Å². The second-order valence-corrected chi connectivity index (χ2v) is 7.03. The second-order valence-electron chi connectivity index (χ2n) is 7.03. The van der Waals surface area contributed by atoms with Crippen molar-refractivity contribution in [1.29, 1.82) is 5.26 Å². The zero-order chi connectivity index (χ0) is 18.9. The number of urea groups is 1. The number of hydrogen-bond donors (Lipinski definition) is 1. The predicted molar refractivity (Wildman–Crippen MR) is 98.1 cm³/mol. The topological polar surface area (TPSA) is 73.2 Å². The van der Waals surface area contributed by atoms with E-state index in [4.69, 9.17) is 5.26 Å². The molecule has 0 unspecified atom stereocenters. The van der Waals surface area contributed by atoms with Gasteiger partial charge in [-0.1, -0.05) is 50.2 Å². The van der Waals surface area contributed by atoms with Crippen molar-refractivity contribution in [3.8, 4) is 6.07 Å². The van der Waals surface area contributed by atoms with Crippen LogP contribution in [0.1, 0.15) is 48.9 Å². The molecule has 3 rings (SSSR count). The molecule has 132 valence electrons. The quantitative estimate of drug-likeness (QED) is 0.858. The van der Waals surface area contributed by atoms with E-state index in [0.717, 1.165) is 5.56 Å². The molecule has 1 atom stereocenters. The summed E-state index contributed by atoms with van der Waals surface area (Å²) in [4.78, 5) is 26.6. The van der Waals surface area contributed by atoms with Crippen molar-refractivity contribution in [3.63, 3.8) is 0 Å². The number of imide groups is 1. The van der Waals surface area contributed by atoms with Gasteiger partial charge in [-0.25, -0.2) is 4.79 Å². The van der Waals surface area contributed by atoms with Crippen molar-refractivity contribution in [1.82, 2.24) is 10.2 Å². The lowest BCUT2D eigenvalue weighted by atomic mass is 9.91. The molecule has 5 nitrogen and oxygen atoms in total. The number of carbonyl (C=O) groups excluding carboxylic acids is 2. The van der Waals surface area contributed by atoms with Gasteiger partial charge in [0.2, 0.25) is 0 Å². The van der Waals surface area contributed by atoms with Gasteiger partial charge in [0.05, 0.1) is 18.2 Å². The summed E-state index contributed by atoms with van der Waals surface area (Å²) in [5.41, 5.74) is 2.17. The molecule has 0 aliphatic carbocycles. The Bertz CT molecular complexity index is 879. The maximum atomic E-state index is 12.9. The minimum Gasteiger partial charge on any atom is -0.319 e. The van der Waals surface area contributed by atoms with Crippen molar-refractivity contribution in [3.05, 3.63) is 70.8 Å². The highest BCUT2D eigenvalue weighted by molar-refractivity contribution is 6.07. The maximum absolute atomic E-state index is 12.9. The van der Waals surface area contributed by atoms with Crippen molar-refractivity contribution >= 4 is 11.9 Å². The van der Waals surface area contributed by atoms with Gasteiger partial charge in [0.1, 0.15) is 5.54 Å². The summed E-state index contributed by atoms with van der Waals surface area (Å²) in [6, 6.07) is 16.3.